The molecule has 2 N–H and O–H groups in total. The highest BCUT2D eigenvalue weighted by atomic mass is 32.2. The SMILES string of the molecule is Cc1cccc(C)c1NS(=O)(=O)c1ccc(NC(=O)CN(c2ccccc2F)S(=O)(=O)c2ccccc2)cc1. The lowest BCUT2D eigenvalue weighted by Crippen LogP contribution is -2.38. The highest BCUT2D eigenvalue weighted by Crippen LogP contribution is 2.27. The summed E-state index contributed by atoms with van der Waals surface area (Å²) in [6.07, 6.45) is 0. The Bertz CT molecular complexity index is 1690. The Morgan fingerprint density at radius 3 is 1.95 bits per heavy atom. The number of benzene rings is 4. The van der Waals surface area contributed by atoms with E-state index >= 15 is 0 Å². The Kier molecular flexibility index (Phi) is 8.03. The van der Waals surface area contributed by atoms with Crippen LogP contribution >= 0.6 is 0 Å². The van der Waals surface area contributed by atoms with Gasteiger partial charge < -0.3 is 5.32 Å². The quantitative estimate of drug-likeness (QED) is 0.293. The topological polar surface area (TPSA) is 113 Å². The summed E-state index contributed by atoms with van der Waals surface area (Å²) in [5, 5.41) is 2.55. The second-order valence-corrected chi connectivity index (χ2v) is 12.3. The lowest BCUT2D eigenvalue weighted by Gasteiger charge is -2.24. The zero-order valence-corrected chi connectivity index (χ0v) is 22.8. The fourth-order valence-corrected chi connectivity index (χ4v) is 6.54. The van der Waals surface area contributed by atoms with E-state index in [0.29, 0.717) is 9.99 Å². The van der Waals surface area contributed by atoms with Gasteiger partial charge in [0.2, 0.25) is 5.91 Å². The Balaban J connectivity index is 1.54. The van der Waals surface area contributed by atoms with Gasteiger partial charge in [-0.3, -0.25) is 13.8 Å². The predicted octanol–water partition coefficient (Wildman–Crippen LogP) is 5.08. The molecule has 4 aromatic rings. The molecule has 4 aromatic carbocycles. The van der Waals surface area contributed by atoms with Crippen LogP contribution in [0.1, 0.15) is 11.1 Å². The van der Waals surface area contributed by atoms with E-state index in [1.54, 1.807) is 32.0 Å². The van der Waals surface area contributed by atoms with Crippen molar-refractivity contribution in [2.24, 2.45) is 0 Å². The number of amides is 1. The maximum Gasteiger partial charge on any atom is 0.264 e. The number of rotatable bonds is 9. The van der Waals surface area contributed by atoms with Crippen LogP contribution in [-0.4, -0.2) is 29.3 Å². The van der Waals surface area contributed by atoms with Gasteiger partial charge in [0.05, 0.1) is 21.2 Å². The summed E-state index contributed by atoms with van der Waals surface area (Å²) < 4.78 is 70.4. The molecule has 4 rings (SSSR count). The molecule has 0 saturated heterocycles. The van der Waals surface area contributed by atoms with Crippen LogP contribution in [0.2, 0.25) is 0 Å². The summed E-state index contributed by atoms with van der Waals surface area (Å²) >= 11 is 0. The van der Waals surface area contributed by atoms with E-state index in [1.165, 1.54) is 66.7 Å². The number of nitrogens with zero attached hydrogens (tertiary/aromatic N) is 1. The zero-order chi connectivity index (χ0) is 28.2. The van der Waals surface area contributed by atoms with Gasteiger partial charge in [0.15, 0.2) is 0 Å². The average Bonchev–Trinajstić information content (AvgIpc) is 2.91. The smallest absolute Gasteiger partial charge is 0.264 e. The van der Waals surface area contributed by atoms with E-state index in [1.807, 2.05) is 6.07 Å². The first-order chi connectivity index (χ1) is 18.5. The highest BCUT2D eigenvalue weighted by Gasteiger charge is 2.29. The summed E-state index contributed by atoms with van der Waals surface area (Å²) in [6, 6.07) is 23.5. The first-order valence-electron chi connectivity index (χ1n) is 11.8. The van der Waals surface area contributed by atoms with Crippen molar-refractivity contribution in [2.75, 3.05) is 20.9 Å². The summed E-state index contributed by atoms with van der Waals surface area (Å²) in [6.45, 7) is 2.88. The molecule has 8 nitrogen and oxygen atoms in total. The van der Waals surface area contributed by atoms with E-state index in [9.17, 15) is 26.0 Å². The van der Waals surface area contributed by atoms with Crippen LogP contribution in [0.15, 0.2) is 107 Å². The molecular formula is C28H26FN3O5S2. The van der Waals surface area contributed by atoms with Crippen molar-refractivity contribution >= 4 is 43.0 Å². The second-order valence-electron chi connectivity index (χ2n) is 8.72. The molecule has 0 aliphatic rings. The number of carbonyl (C=O) groups excluding carboxylic acids is 1. The standard InChI is InChI=1S/C28H26FN3O5S2/c1-20-9-8-10-21(2)28(20)31-38(34,35)23-17-15-22(16-18-23)30-27(33)19-32(26-14-7-6-13-25(26)29)39(36,37)24-11-4-3-5-12-24/h3-18,31H,19H2,1-2H3,(H,30,33). The molecule has 0 spiro atoms. The molecule has 0 saturated carbocycles. The minimum atomic E-state index is -4.28. The van der Waals surface area contributed by atoms with Gasteiger partial charge in [-0.05, 0) is 73.5 Å². The van der Waals surface area contributed by atoms with Gasteiger partial charge in [0.1, 0.15) is 12.4 Å². The van der Waals surface area contributed by atoms with Gasteiger partial charge >= 0.3 is 0 Å². The van der Waals surface area contributed by atoms with E-state index < -0.39 is 38.3 Å². The van der Waals surface area contributed by atoms with E-state index in [4.69, 9.17) is 0 Å². The summed E-state index contributed by atoms with van der Waals surface area (Å²) in [5.74, 6) is -1.56. The number of para-hydroxylation sites is 2. The lowest BCUT2D eigenvalue weighted by molar-refractivity contribution is -0.114. The van der Waals surface area contributed by atoms with Gasteiger partial charge in [-0.1, -0.05) is 48.5 Å². The minimum absolute atomic E-state index is 0.0252. The van der Waals surface area contributed by atoms with Crippen LogP contribution in [0.3, 0.4) is 0 Å². The Morgan fingerprint density at radius 2 is 1.33 bits per heavy atom. The van der Waals surface area contributed by atoms with Crippen LogP contribution in [0, 0.1) is 19.7 Å². The van der Waals surface area contributed by atoms with Crippen molar-refractivity contribution in [2.45, 2.75) is 23.6 Å². The molecule has 0 unspecified atom stereocenters. The number of nitrogens with one attached hydrogen (secondary N) is 2. The average molecular weight is 568 g/mol. The third-order valence-corrected chi connectivity index (χ3v) is 9.05. The minimum Gasteiger partial charge on any atom is -0.325 e. The molecule has 39 heavy (non-hydrogen) atoms. The van der Waals surface area contributed by atoms with Crippen LogP contribution in [0.4, 0.5) is 21.5 Å². The number of aryl methyl sites for hydroxylation is 2. The molecule has 0 heterocycles. The number of hydrogen-bond acceptors (Lipinski definition) is 5. The Morgan fingerprint density at radius 1 is 0.744 bits per heavy atom. The van der Waals surface area contributed by atoms with Crippen LogP contribution in [0.25, 0.3) is 0 Å². The second kappa shape index (κ2) is 11.3. The molecule has 11 heteroatoms. The Hall–Kier alpha value is -4.22. The van der Waals surface area contributed by atoms with Crippen molar-refractivity contribution < 1.29 is 26.0 Å². The number of anilines is 3. The van der Waals surface area contributed by atoms with Crippen molar-refractivity contribution in [1.29, 1.82) is 0 Å². The highest BCUT2D eigenvalue weighted by molar-refractivity contribution is 7.93. The molecule has 0 radical (unpaired) electrons. The molecule has 1 amide bonds. The molecule has 202 valence electrons. The lowest BCUT2D eigenvalue weighted by atomic mass is 10.1. The largest absolute Gasteiger partial charge is 0.325 e. The summed E-state index contributed by atoms with van der Waals surface area (Å²) in [7, 11) is -8.19. The zero-order valence-electron chi connectivity index (χ0n) is 21.1. The molecule has 0 fully saturated rings. The van der Waals surface area contributed by atoms with Crippen LogP contribution in [0.5, 0.6) is 0 Å². The third-order valence-electron chi connectivity index (χ3n) is 5.91. The fourth-order valence-electron chi connectivity index (χ4n) is 3.89. The monoisotopic (exact) mass is 567 g/mol. The van der Waals surface area contributed by atoms with Crippen molar-refractivity contribution in [3.8, 4) is 0 Å². The van der Waals surface area contributed by atoms with Gasteiger partial charge in [-0.2, -0.15) is 0 Å². The first kappa shape index (κ1) is 27.8. The van der Waals surface area contributed by atoms with Gasteiger partial charge in [-0.25, -0.2) is 21.2 Å². The fraction of sp³-hybridized carbons (Fsp3) is 0.107. The molecule has 0 bridgehead atoms. The maximum absolute atomic E-state index is 14.6. The molecule has 0 atom stereocenters. The molecule has 0 aromatic heterocycles. The van der Waals surface area contributed by atoms with Crippen molar-refractivity contribution in [1.82, 2.24) is 0 Å². The van der Waals surface area contributed by atoms with E-state index in [-0.39, 0.29) is 21.2 Å². The summed E-state index contributed by atoms with van der Waals surface area (Å²) in [4.78, 5) is 12.8. The van der Waals surface area contributed by atoms with Crippen LogP contribution < -0.4 is 14.3 Å². The molecule has 0 aliphatic heterocycles. The van der Waals surface area contributed by atoms with Crippen molar-refractivity contribution in [3.05, 3.63) is 114 Å². The number of halogens is 1. The number of sulfonamides is 2. The Labute approximate surface area is 227 Å². The number of carbonyl (C=O) groups is 1. The molecular weight excluding hydrogens is 541 g/mol. The number of hydrogen-bond donors (Lipinski definition) is 2. The predicted molar refractivity (Wildman–Crippen MR) is 149 cm³/mol. The maximum atomic E-state index is 14.6. The normalized spacial score (nSPS) is 11.6. The van der Waals surface area contributed by atoms with Crippen LogP contribution in [-0.2, 0) is 24.8 Å². The molecule has 0 aliphatic carbocycles. The van der Waals surface area contributed by atoms with Crippen molar-refractivity contribution in [3.63, 3.8) is 0 Å². The summed E-state index contributed by atoms with van der Waals surface area (Å²) in [5.41, 5.74) is 1.98. The van der Waals surface area contributed by atoms with E-state index in [0.717, 1.165) is 17.2 Å². The van der Waals surface area contributed by atoms with Gasteiger partial charge in [-0.15, -0.1) is 0 Å². The van der Waals surface area contributed by atoms with E-state index in [2.05, 4.69) is 10.0 Å². The first-order valence-corrected chi connectivity index (χ1v) is 14.7. The third kappa shape index (κ3) is 6.27. The van der Waals surface area contributed by atoms with Gasteiger partial charge in [0, 0.05) is 5.69 Å². The van der Waals surface area contributed by atoms with Gasteiger partial charge in [0.25, 0.3) is 20.0 Å².